The molecule has 0 aliphatic heterocycles. The largest absolute Gasteiger partial charge is 0.337 e. The van der Waals surface area contributed by atoms with E-state index in [4.69, 9.17) is 4.98 Å². The zero-order valence-corrected chi connectivity index (χ0v) is 16.4. The number of benzene rings is 1. The van der Waals surface area contributed by atoms with Gasteiger partial charge >= 0.3 is 0 Å². The average molecular weight is 408 g/mol. The van der Waals surface area contributed by atoms with Crippen LogP contribution >= 0.6 is 0 Å². The Morgan fingerprint density at radius 1 is 1.06 bits per heavy atom. The van der Waals surface area contributed by atoms with E-state index >= 15 is 0 Å². The third-order valence-electron chi connectivity index (χ3n) is 5.64. The number of hydrogen-bond acceptors (Lipinski definition) is 4. The lowest BCUT2D eigenvalue weighted by atomic mass is 9.91. The van der Waals surface area contributed by atoms with Crippen molar-refractivity contribution in [3.8, 4) is 22.6 Å². The lowest BCUT2D eigenvalue weighted by molar-refractivity contribution is 0.644. The van der Waals surface area contributed by atoms with Crippen LogP contribution in [0.5, 0.6) is 0 Å². The number of aromatic amines is 2. The molecule has 31 heavy (non-hydrogen) atoms. The first kappa shape index (κ1) is 17.7. The van der Waals surface area contributed by atoms with Crippen molar-refractivity contribution in [2.75, 3.05) is 0 Å². The minimum atomic E-state index is -0.188. The maximum atomic E-state index is 13.4. The quantitative estimate of drug-likeness (QED) is 0.415. The molecule has 4 heterocycles. The first-order valence-corrected chi connectivity index (χ1v) is 10.0. The second-order valence-electron chi connectivity index (χ2n) is 7.55. The maximum absolute atomic E-state index is 13.4. The van der Waals surface area contributed by atoms with Crippen LogP contribution in [0.1, 0.15) is 17.9 Å². The van der Waals surface area contributed by atoms with Crippen molar-refractivity contribution in [3.63, 3.8) is 0 Å². The van der Waals surface area contributed by atoms with E-state index in [0.29, 0.717) is 17.9 Å². The molecule has 6 nitrogen and oxygen atoms in total. The molecule has 1 aromatic carbocycles. The highest BCUT2D eigenvalue weighted by molar-refractivity contribution is 5.94. The number of hydrogen-bond donors (Lipinski definition) is 2. The Balaban J connectivity index is 1.47. The van der Waals surface area contributed by atoms with Crippen LogP contribution in [0.4, 0.5) is 4.39 Å². The number of para-hydroxylation sites is 1. The summed E-state index contributed by atoms with van der Waals surface area (Å²) in [6, 6.07) is 12.0. The summed E-state index contributed by atoms with van der Waals surface area (Å²) in [5, 5.41) is 8.31. The van der Waals surface area contributed by atoms with Crippen molar-refractivity contribution in [3.05, 3.63) is 84.6 Å². The predicted octanol–water partition coefficient (Wildman–Crippen LogP) is 5.46. The van der Waals surface area contributed by atoms with Gasteiger partial charge in [0.1, 0.15) is 11.5 Å². The molecular weight excluding hydrogens is 391 g/mol. The van der Waals surface area contributed by atoms with Gasteiger partial charge in [0, 0.05) is 35.6 Å². The Labute approximate surface area is 176 Å². The van der Waals surface area contributed by atoms with E-state index in [9.17, 15) is 4.39 Å². The number of halogens is 1. The highest BCUT2D eigenvalue weighted by Gasteiger charge is 2.19. The zero-order chi connectivity index (χ0) is 20.8. The third kappa shape index (κ3) is 3.02. The Morgan fingerprint density at radius 3 is 2.87 bits per heavy atom. The van der Waals surface area contributed by atoms with Crippen LogP contribution in [0, 0.1) is 0 Å². The maximum Gasteiger partial charge on any atom is 0.181 e. The SMILES string of the molecule is FC1=CCC(c2cccc3[nH]c(-c4[nH]nc5ncc(-c6cccnc6)cc45)nc23)C=C1. The fourth-order valence-electron chi connectivity index (χ4n) is 4.07. The van der Waals surface area contributed by atoms with E-state index in [0.717, 1.165) is 38.8 Å². The van der Waals surface area contributed by atoms with Gasteiger partial charge in [-0.25, -0.2) is 14.4 Å². The van der Waals surface area contributed by atoms with Gasteiger partial charge in [-0.1, -0.05) is 24.3 Å². The number of rotatable bonds is 3. The normalized spacial score (nSPS) is 16.2. The summed E-state index contributed by atoms with van der Waals surface area (Å²) >= 11 is 0. The van der Waals surface area contributed by atoms with Crippen LogP contribution in [0.2, 0.25) is 0 Å². The number of aromatic nitrogens is 6. The highest BCUT2D eigenvalue weighted by atomic mass is 19.1. The number of pyridine rings is 2. The molecule has 0 saturated carbocycles. The molecular formula is C24H17FN6. The van der Waals surface area contributed by atoms with E-state index in [1.54, 1.807) is 18.5 Å². The lowest BCUT2D eigenvalue weighted by Crippen LogP contribution is -1.98. The van der Waals surface area contributed by atoms with E-state index in [-0.39, 0.29) is 11.7 Å². The average Bonchev–Trinajstić information content (AvgIpc) is 3.43. The summed E-state index contributed by atoms with van der Waals surface area (Å²) in [6.07, 6.45) is 11.0. The van der Waals surface area contributed by atoms with Crippen LogP contribution < -0.4 is 0 Å². The molecule has 0 amide bonds. The predicted molar refractivity (Wildman–Crippen MR) is 118 cm³/mol. The standard InChI is InChI=1S/C24H17FN6/c25-17-8-6-14(7-9-17)18-4-1-5-20-21(18)29-24(28-20)22-19-11-16(13-27-23(19)31-30-22)15-3-2-10-26-12-15/h1-6,8-14H,7H2,(H,28,29)(H,27,30,31). The number of allylic oxidation sites excluding steroid dienone is 4. The highest BCUT2D eigenvalue weighted by Crippen LogP contribution is 2.34. The molecule has 2 N–H and O–H groups in total. The monoisotopic (exact) mass is 408 g/mol. The first-order valence-electron chi connectivity index (χ1n) is 10.0. The van der Waals surface area contributed by atoms with Gasteiger partial charge in [0.25, 0.3) is 0 Å². The molecule has 1 atom stereocenters. The topological polar surface area (TPSA) is 83.1 Å². The van der Waals surface area contributed by atoms with Crippen molar-refractivity contribution in [1.29, 1.82) is 0 Å². The van der Waals surface area contributed by atoms with E-state index in [1.165, 1.54) is 6.08 Å². The molecule has 6 rings (SSSR count). The van der Waals surface area contributed by atoms with Gasteiger partial charge in [0.2, 0.25) is 0 Å². The molecule has 0 saturated heterocycles. The molecule has 7 heteroatoms. The third-order valence-corrected chi connectivity index (χ3v) is 5.64. The fourth-order valence-corrected chi connectivity index (χ4v) is 4.07. The summed E-state index contributed by atoms with van der Waals surface area (Å²) in [6.45, 7) is 0. The van der Waals surface area contributed by atoms with Gasteiger partial charge in [-0.3, -0.25) is 10.1 Å². The van der Waals surface area contributed by atoms with E-state index < -0.39 is 0 Å². The van der Waals surface area contributed by atoms with Crippen LogP contribution in [0.15, 0.2) is 79.0 Å². The number of nitrogens with zero attached hydrogens (tertiary/aromatic N) is 4. The molecule has 1 unspecified atom stereocenters. The number of nitrogens with one attached hydrogen (secondary N) is 2. The minimum Gasteiger partial charge on any atom is -0.337 e. The number of H-pyrrole nitrogens is 2. The molecule has 150 valence electrons. The second kappa shape index (κ2) is 6.98. The molecule has 0 radical (unpaired) electrons. The summed E-state index contributed by atoms with van der Waals surface area (Å²) in [4.78, 5) is 17.0. The molecule has 1 aliphatic rings. The first-order chi connectivity index (χ1) is 15.3. The number of imidazole rings is 1. The Hall–Kier alpha value is -4.13. The summed E-state index contributed by atoms with van der Waals surface area (Å²) in [7, 11) is 0. The van der Waals surface area contributed by atoms with Gasteiger partial charge in [-0.05, 0) is 42.3 Å². The van der Waals surface area contributed by atoms with Gasteiger partial charge in [0.15, 0.2) is 11.5 Å². The second-order valence-corrected chi connectivity index (χ2v) is 7.55. The van der Waals surface area contributed by atoms with Gasteiger partial charge in [-0.2, -0.15) is 5.10 Å². The van der Waals surface area contributed by atoms with Crippen LogP contribution in [0.25, 0.3) is 44.7 Å². The molecule has 0 bridgehead atoms. The van der Waals surface area contributed by atoms with Crippen LogP contribution in [-0.2, 0) is 0 Å². The van der Waals surface area contributed by atoms with Crippen molar-refractivity contribution < 1.29 is 4.39 Å². The molecule has 0 spiro atoms. The van der Waals surface area contributed by atoms with Crippen molar-refractivity contribution in [2.45, 2.75) is 12.3 Å². The van der Waals surface area contributed by atoms with Gasteiger partial charge in [0.05, 0.1) is 16.4 Å². The van der Waals surface area contributed by atoms with E-state index in [2.05, 4.69) is 25.1 Å². The Kier molecular flexibility index (Phi) is 3.99. The van der Waals surface area contributed by atoms with Gasteiger partial charge < -0.3 is 4.98 Å². The summed E-state index contributed by atoms with van der Waals surface area (Å²) in [5.41, 5.74) is 6.22. The molecule has 0 fully saturated rings. The fraction of sp³-hybridized carbons (Fsp3) is 0.0833. The van der Waals surface area contributed by atoms with Gasteiger partial charge in [-0.15, -0.1) is 0 Å². The van der Waals surface area contributed by atoms with E-state index in [1.807, 2.05) is 48.7 Å². The summed E-state index contributed by atoms with van der Waals surface area (Å²) < 4.78 is 13.4. The Morgan fingerprint density at radius 2 is 2.03 bits per heavy atom. The van der Waals surface area contributed by atoms with Crippen LogP contribution in [-0.4, -0.2) is 30.1 Å². The van der Waals surface area contributed by atoms with Crippen molar-refractivity contribution in [2.24, 2.45) is 0 Å². The lowest BCUT2D eigenvalue weighted by Gasteiger charge is -2.14. The smallest absolute Gasteiger partial charge is 0.181 e. The zero-order valence-electron chi connectivity index (χ0n) is 16.4. The van der Waals surface area contributed by atoms with Crippen molar-refractivity contribution in [1.82, 2.24) is 30.1 Å². The molecule has 4 aromatic heterocycles. The minimum absolute atomic E-state index is 0.0942. The number of fused-ring (bicyclic) bond motifs is 2. The Bertz CT molecular complexity index is 1480. The molecule has 1 aliphatic carbocycles. The van der Waals surface area contributed by atoms with Crippen LogP contribution in [0.3, 0.4) is 0 Å². The molecule has 5 aromatic rings. The van der Waals surface area contributed by atoms with Crippen molar-refractivity contribution >= 4 is 22.1 Å². The summed E-state index contributed by atoms with van der Waals surface area (Å²) in [5.74, 6) is 0.598.